The summed E-state index contributed by atoms with van der Waals surface area (Å²) < 4.78 is 16.5. The lowest BCUT2D eigenvalue weighted by atomic mass is 10.1. The van der Waals surface area contributed by atoms with Gasteiger partial charge < -0.3 is 14.2 Å². The molecule has 0 aromatic heterocycles. The summed E-state index contributed by atoms with van der Waals surface area (Å²) >= 11 is 1.78. The number of hydrogen-bond donors (Lipinski definition) is 0. The maximum Gasteiger partial charge on any atom is 0.170 e. The summed E-state index contributed by atoms with van der Waals surface area (Å²) in [5.74, 6) is 2.58. The van der Waals surface area contributed by atoms with Crippen molar-refractivity contribution in [3.63, 3.8) is 0 Å². The minimum absolute atomic E-state index is 0.315. The molecule has 5 heteroatoms. The Morgan fingerprint density at radius 1 is 0.444 bits per heavy atom. The van der Waals surface area contributed by atoms with Gasteiger partial charge in [-0.15, -0.1) is 0 Å². The minimum atomic E-state index is -0.315. The van der Waals surface area contributed by atoms with Crippen LogP contribution in [0.1, 0.15) is 5.56 Å². The fourth-order valence-electron chi connectivity index (χ4n) is 5.27. The summed E-state index contributed by atoms with van der Waals surface area (Å²) in [6.45, 7) is 2.22. The molecule has 0 radical (unpaired) electrons. The van der Waals surface area contributed by atoms with E-state index in [2.05, 4.69) is 116 Å². The van der Waals surface area contributed by atoms with Crippen molar-refractivity contribution < 1.29 is 14.2 Å². The molecule has 1 atom stereocenters. The van der Waals surface area contributed by atoms with Crippen molar-refractivity contribution in [3.05, 3.63) is 145 Å². The summed E-state index contributed by atoms with van der Waals surface area (Å²) in [5, 5.41) is 0. The van der Waals surface area contributed by atoms with Gasteiger partial charge in [0.25, 0.3) is 0 Å². The summed E-state index contributed by atoms with van der Waals surface area (Å²) in [6.07, 6.45) is 0. The van der Waals surface area contributed by atoms with Gasteiger partial charge in [0, 0.05) is 21.4 Å². The molecule has 3 nitrogen and oxygen atoms in total. The molecule has 0 aliphatic carbocycles. The highest BCUT2D eigenvalue weighted by Crippen LogP contribution is 2.38. The molecular weight excluding hydrogens is 593 g/mol. The van der Waals surface area contributed by atoms with Crippen LogP contribution in [0.4, 0.5) is 0 Å². The van der Waals surface area contributed by atoms with Crippen LogP contribution in [-0.2, 0) is 10.9 Å². The topological polar surface area (TPSA) is 27.7 Å². The number of hydrogen-bond acceptors (Lipinski definition) is 4. The first-order valence-corrected chi connectivity index (χ1v) is 16.7. The lowest BCUT2D eigenvalue weighted by Crippen LogP contribution is -2.07. The molecule has 0 heterocycles. The van der Waals surface area contributed by atoms with Crippen molar-refractivity contribution in [3.8, 4) is 39.5 Å². The highest BCUT2D eigenvalue weighted by atomic mass is 32.2. The first kappa shape index (κ1) is 30.4. The van der Waals surface area contributed by atoms with Gasteiger partial charge >= 0.3 is 0 Å². The Hall–Kier alpha value is -4.58. The average Bonchev–Trinajstić information content (AvgIpc) is 3.10. The van der Waals surface area contributed by atoms with E-state index in [0.29, 0.717) is 0 Å². The molecule has 1 unspecified atom stereocenters. The van der Waals surface area contributed by atoms with Gasteiger partial charge in [-0.25, -0.2) is 0 Å². The Kier molecular flexibility index (Phi) is 9.49. The molecule has 0 aliphatic rings. The average molecular weight is 628 g/mol. The van der Waals surface area contributed by atoms with Crippen LogP contribution in [0, 0.1) is 6.92 Å². The lowest BCUT2D eigenvalue weighted by molar-refractivity contribution is 0.413. The maximum absolute atomic E-state index is 5.62. The van der Waals surface area contributed by atoms with Gasteiger partial charge in [0.1, 0.15) is 17.2 Å². The zero-order valence-corrected chi connectivity index (χ0v) is 27.5. The number of aryl methyl sites for hydroxylation is 1. The number of ether oxygens (including phenoxy) is 3. The fourth-order valence-corrected chi connectivity index (χ4v) is 8.41. The van der Waals surface area contributed by atoms with Gasteiger partial charge in [-0.3, -0.25) is 0 Å². The molecule has 0 saturated carbocycles. The SMILES string of the molecule is COc1cccc(-c2ccc(Sc3ccc([S+](c4ccc(-c5cccc(OC)c5)cc4)c4cccc(OC)c4)c(C)c3)cc2)c1. The van der Waals surface area contributed by atoms with Crippen molar-refractivity contribution in [2.24, 2.45) is 0 Å². The quantitative estimate of drug-likeness (QED) is 0.141. The van der Waals surface area contributed by atoms with E-state index >= 15 is 0 Å². The monoisotopic (exact) mass is 627 g/mol. The van der Waals surface area contributed by atoms with E-state index in [4.69, 9.17) is 14.2 Å². The molecule has 0 aliphatic heterocycles. The van der Waals surface area contributed by atoms with Crippen LogP contribution in [0.5, 0.6) is 17.2 Å². The molecular formula is C40H35O3S2+. The highest BCUT2D eigenvalue weighted by molar-refractivity contribution is 7.99. The first-order chi connectivity index (χ1) is 22.0. The molecule has 0 fully saturated rings. The van der Waals surface area contributed by atoms with Gasteiger partial charge in [-0.05, 0) is 120 Å². The minimum Gasteiger partial charge on any atom is -0.497 e. The molecule has 224 valence electrons. The smallest absolute Gasteiger partial charge is 0.170 e. The Labute approximate surface area is 273 Å². The second kappa shape index (κ2) is 14.0. The highest BCUT2D eigenvalue weighted by Gasteiger charge is 2.31. The largest absolute Gasteiger partial charge is 0.497 e. The second-order valence-electron chi connectivity index (χ2n) is 10.5. The predicted octanol–water partition coefficient (Wildman–Crippen LogP) is 10.6. The van der Waals surface area contributed by atoms with Crippen molar-refractivity contribution in [1.29, 1.82) is 0 Å². The van der Waals surface area contributed by atoms with E-state index in [0.717, 1.165) is 33.9 Å². The molecule has 0 saturated heterocycles. The van der Waals surface area contributed by atoms with Crippen molar-refractivity contribution in [2.45, 2.75) is 31.4 Å². The van der Waals surface area contributed by atoms with Gasteiger partial charge in [-0.2, -0.15) is 0 Å². The molecule has 0 amide bonds. The van der Waals surface area contributed by atoms with Crippen LogP contribution in [0.3, 0.4) is 0 Å². The molecule has 0 spiro atoms. The number of methoxy groups -OCH3 is 3. The van der Waals surface area contributed by atoms with Crippen LogP contribution < -0.4 is 14.2 Å². The van der Waals surface area contributed by atoms with Crippen molar-refractivity contribution in [2.75, 3.05) is 21.3 Å². The zero-order valence-electron chi connectivity index (χ0n) is 25.8. The molecule has 0 bridgehead atoms. The van der Waals surface area contributed by atoms with E-state index < -0.39 is 0 Å². The summed E-state index contributed by atoms with van der Waals surface area (Å²) in [7, 11) is 4.81. The molecule has 45 heavy (non-hydrogen) atoms. The zero-order chi connectivity index (χ0) is 31.2. The summed E-state index contributed by atoms with van der Waals surface area (Å²) in [5.41, 5.74) is 5.87. The molecule has 6 aromatic rings. The van der Waals surface area contributed by atoms with Gasteiger partial charge in [0.15, 0.2) is 14.7 Å². The molecule has 6 rings (SSSR count). The van der Waals surface area contributed by atoms with Crippen LogP contribution in [0.2, 0.25) is 0 Å². The lowest BCUT2D eigenvalue weighted by Gasteiger charge is -2.13. The van der Waals surface area contributed by atoms with Crippen LogP contribution >= 0.6 is 11.8 Å². The van der Waals surface area contributed by atoms with Crippen LogP contribution in [0.25, 0.3) is 22.3 Å². The third kappa shape index (κ3) is 7.06. The van der Waals surface area contributed by atoms with Crippen LogP contribution in [-0.4, -0.2) is 21.3 Å². The Balaban J connectivity index is 1.29. The van der Waals surface area contributed by atoms with Gasteiger partial charge in [-0.1, -0.05) is 54.2 Å². The number of benzene rings is 6. The van der Waals surface area contributed by atoms with Gasteiger partial charge in [0.05, 0.1) is 32.2 Å². The van der Waals surface area contributed by atoms with E-state index in [9.17, 15) is 0 Å². The Bertz CT molecular complexity index is 1900. The van der Waals surface area contributed by atoms with Crippen molar-refractivity contribution >= 4 is 22.7 Å². The van der Waals surface area contributed by atoms with E-state index in [-0.39, 0.29) is 10.9 Å². The third-order valence-electron chi connectivity index (χ3n) is 7.63. The summed E-state index contributed by atoms with van der Waals surface area (Å²) in [6, 6.07) is 49.3. The third-order valence-corrected chi connectivity index (χ3v) is 11.0. The first-order valence-electron chi connectivity index (χ1n) is 14.7. The van der Waals surface area contributed by atoms with Crippen molar-refractivity contribution in [1.82, 2.24) is 0 Å². The molecule has 0 N–H and O–H groups in total. The van der Waals surface area contributed by atoms with E-state index in [1.54, 1.807) is 33.1 Å². The normalized spacial score (nSPS) is 11.6. The predicted molar refractivity (Wildman–Crippen MR) is 187 cm³/mol. The molecule has 6 aromatic carbocycles. The van der Waals surface area contributed by atoms with E-state index in [1.165, 1.54) is 35.6 Å². The number of rotatable bonds is 10. The second-order valence-corrected chi connectivity index (χ2v) is 13.7. The van der Waals surface area contributed by atoms with E-state index in [1.807, 2.05) is 30.3 Å². The summed E-state index contributed by atoms with van der Waals surface area (Å²) in [4.78, 5) is 6.20. The van der Waals surface area contributed by atoms with Crippen LogP contribution in [0.15, 0.2) is 164 Å². The Morgan fingerprint density at radius 3 is 1.51 bits per heavy atom. The fraction of sp³-hybridized carbons (Fsp3) is 0.100. The van der Waals surface area contributed by atoms with Gasteiger partial charge in [0.2, 0.25) is 0 Å². The standard InChI is InChI=1S/C40H35O3S2/c1-28-24-37(44-36-18-14-29(15-19-36)31-8-5-10-33(25-31)41-2)20-23-40(28)45(39-13-7-12-35(27-39)43-4)38-21-16-30(17-22-38)32-9-6-11-34(26-32)42-3/h5-27H,1-4H3/q+1. The maximum atomic E-state index is 5.62. The Morgan fingerprint density at radius 2 is 0.956 bits per heavy atom.